The van der Waals surface area contributed by atoms with Gasteiger partial charge in [0, 0.05) is 13.0 Å². The molecule has 0 rings (SSSR count). The Morgan fingerprint density at radius 3 is 2.36 bits per heavy atom. The summed E-state index contributed by atoms with van der Waals surface area (Å²) in [6.07, 6.45) is 18.5. The molecule has 0 bridgehead atoms. The molecule has 0 aromatic heterocycles. The lowest BCUT2D eigenvalue weighted by Crippen LogP contribution is -2.26. The number of allylic oxidation sites excluding steroid dienone is 1. The molecular weight excluding hydrogens is 310 g/mol. The minimum atomic E-state index is -0.157. The molecule has 0 aliphatic heterocycles. The summed E-state index contributed by atoms with van der Waals surface area (Å²) < 4.78 is 0. The van der Waals surface area contributed by atoms with Gasteiger partial charge in [-0.05, 0) is 38.0 Å². The highest BCUT2D eigenvalue weighted by molar-refractivity contribution is 5.75. The lowest BCUT2D eigenvalue weighted by Gasteiger charge is -2.07. The Hall–Kier alpha value is -0.830. The summed E-state index contributed by atoms with van der Waals surface area (Å²) in [5.41, 5.74) is 0. The number of aliphatic hydroxyl groups is 1. The Balaban J connectivity index is 3.33. The fraction of sp³-hybridized carbons (Fsp3) is 0.864. The summed E-state index contributed by atoms with van der Waals surface area (Å²) in [4.78, 5) is 11.6. The maximum absolute atomic E-state index is 11.6. The van der Waals surface area contributed by atoms with Gasteiger partial charge in [0.05, 0.1) is 6.10 Å². The highest BCUT2D eigenvalue weighted by Gasteiger charge is 2.02. The Bertz CT molecular complexity index is 326. The van der Waals surface area contributed by atoms with Crippen LogP contribution in [0.25, 0.3) is 0 Å². The maximum atomic E-state index is 11.6. The van der Waals surface area contributed by atoms with Gasteiger partial charge >= 0.3 is 0 Å². The van der Waals surface area contributed by atoms with E-state index in [1.807, 2.05) is 0 Å². The van der Waals surface area contributed by atoms with E-state index in [2.05, 4.69) is 38.2 Å². The monoisotopic (exact) mass is 353 g/mol. The lowest BCUT2D eigenvalue weighted by atomic mass is 10.1. The minimum Gasteiger partial charge on any atom is -0.393 e. The van der Waals surface area contributed by atoms with Crippen LogP contribution in [0.2, 0.25) is 0 Å². The third kappa shape index (κ3) is 19.3. The Morgan fingerprint density at radius 2 is 1.64 bits per heavy atom. The van der Waals surface area contributed by atoms with Crippen LogP contribution in [0.15, 0.2) is 12.2 Å². The van der Waals surface area contributed by atoms with Crippen molar-refractivity contribution < 1.29 is 9.90 Å². The highest BCUT2D eigenvalue weighted by atomic mass is 16.3. The predicted molar refractivity (Wildman–Crippen MR) is 109 cm³/mol. The first-order valence-corrected chi connectivity index (χ1v) is 10.7. The topological polar surface area (TPSA) is 49.3 Å². The summed E-state index contributed by atoms with van der Waals surface area (Å²) in [5.74, 6) is 0.726. The number of hydrogen-bond acceptors (Lipinski definition) is 2. The van der Waals surface area contributed by atoms with Gasteiger partial charge in [0.1, 0.15) is 0 Å². The number of nitrogens with one attached hydrogen (secondary N) is 1. The van der Waals surface area contributed by atoms with Crippen LogP contribution in [0, 0.1) is 5.92 Å². The molecular formula is C22H43NO2. The number of carbonyl (C=O) groups is 1. The molecule has 25 heavy (non-hydrogen) atoms. The third-order valence-electron chi connectivity index (χ3n) is 4.45. The first-order chi connectivity index (χ1) is 12.1. The first kappa shape index (κ1) is 24.2. The van der Waals surface area contributed by atoms with E-state index < -0.39 is 0 Å². The second-order valence-corrected chi connectivity index (χ2v) is 7.71. The van der Waals surface area contributed by atoms with E-state index in [1.165, 1.54) is 38.5 Å². The molecule has 0 radical (unpaired) electrons. The third-order valence-corrected chi connectivity index (χ3v) is 4.45. The molecule has 0 aromatic carbocycles. The number of aliphatic hydroxyl groups excluding tert-OH is 1. The number of amides is 1. The quantitative estimate of drug-likeness (QED) is 0.258. The van der Waals surface area contributed by atoms with Crippen LogP contribution in [0.1, 0.15) is 104 Å². The average molecular weight is 354 g/mol. The number of hydrogen-bond donors (Lipinski definition) is 2. The Morgan fingerprint density at radius 1 is 0.960 bits per heavy atom. The van der Waals surface area contributed by atoms with E-state index in [0.29, 0.717) is 12.3 Å². The van der Waals surface area contributed by atoms with Crippen LogP contribution in [-0.4, -0.2) is 23.7 Å². The van der Waals surface area contributed by atoms with Crippen molar-refractivity contribution in [2.24, 2.45) is 5.92 Å². The molecule has 0 aromatic rings. The summed E-state index contributed by atoms with van der Waals surface area (Å²) >= 11 is 0. The molecule has 0 aliphatic rings. The van der Waals surface area contributed by atoms with Gasteiger partial charge in [0.2, 0.25) is 5.91 Å². The van der Waals surface area contributed by atoms with E-state index >= 15 is 0 Å². The van der Waals surface area contributed by atoms with Crippen LogP contribution in [0.5, 0.6) is 0 Å². The van der Waals surface area contributed by atoms with Crippen molar-refractivity contribution in [3.05, 3.63) is 12.2 Å². The fourth-order valence-electron chi connectivity index (χ4n) is 2.78. The zero-order chi connectivity index (χ0) is 18.8. The molecule has 0 aliphatic carbocycles. The highest BCUT2D eigenvalue weighted by Crippen LogP contribution is 2.10. The summed E-state index contributed by atoms with van der Waals surface area (Å²) in [6.45, 7) is 7.23. The molecule has 148 valence electrons. The van der Waals surface area contributed by atoms with Crippen molar-refractivity contribution in [2.75, 3.05) is 6.54 Å². The zero-order valence-corrected chi connectivity index (χ0v) is 17.1. The van der Waals surface area contributed by atoms with Gasteiger partial charge in [-0.2, -0.15) is 0 Å². The van der Waals surface area contributed by atoms with Crippen molar-refractivity contribution >= 4 is 5.91 Å². The molecule has 0 fully saturated rings. The van der Waals surface area contributed by atoms with Gasteiger partial charge < -0.3 is 10.4 Å². The number of carbonyl (C=O) groups excluding carboxylic acids is 1. The summed E-state index contributed by atoms with van der Waals surface area (Å²) in [7, 11) is 0. The second-order valence-electron chi connectivity index (χ2n) is 7.71. The summed E-state index contributed by atoms with van der Waals surface area (Å²) in [6, 6.07) is 0. The van der Waals surface area contributed by atoms with E-state index in [-0.39, 0.29) is 12.0 Å². The molecule has 3 nitrogen and oxygen atoms in total. The Kier molecular flexibility index (Phi) is 17.4. The molecule has 0 heterocycles. The zero-order valence-electron chi connectivity index (χ0n) is 17.1. The molecule has 1 amide bonds. The van der Waals surface area contributed by atoms with Gasteiger partial charge in [0.25, 0.3) is 0 Å². The van der Waals surface area contributed by atoms with E-state index in [4.69, 9.17) is 0 Å². The van der Waals surface area contributed by atoms with Gasteiger partial charge in [-0.1, -0.05) is 77.9 Å². The SMILES string of the molecule is CCCCCC[C@@H](O)C/C=C\CCCCCCCC(=O)NCC(C)C. The molecule has 0 spiro atoms. The average Bonchev–Trinajstić information content (AvgIpc) is 2.58. The largest absolute Gasteiger partial charge is 0.393 e. The molecule has 1 atom stereocenters. The van der Waals surface area contributed by atoms with Crippen LogP contribution in [-0.2, 0) is 4.79 Å². The minimum absolute atomic E-state index is 0.157. The van der Waals surface area contributed by atoms with E-state index in [1.54, 1.807) is 0 Å². The molecule has 0 saturated heterocycles. The van der Waals surface area contributed by atoms with Crippen LogP contribution in [0.3, 0.4) is 0 Å². The molecule has 0 unspecified atom stereocenters. The predicted octanol–water partition coefficient (Wildman–Crippen LogP) is 5.77. The molecule has 2 N–H and O–H groups in total. The van der Waals surface area contributed by atoms with E-state index in [0.717, 1.165) is 45.1 Å². The van der Waals surface area contributed by atoms with Crippen molar-refractivity contribution in [2.45, 2.75) is 110 Å². The van der Waals surface area contributed by atoms with Crippen molar-refractivity contribution in [1.29, 1.82) is 0 Å². The van der Waals surface area contributed by atoms with Gasteiger partial charge in [-0.25, -0.2) is 0 Å². The van der Waals surface area contributed by atoms with E-state index in [9.17, 15) is 9.90 Å². The van der Waals surface area contributed by atoms with Crippen molar-refractivity contribution in [3.8, 4) is 0 Å². The van der Waals surface area contributed by atoms with Gasteiger partial charge in [0.15, 0.2) is 0 Å². The lowest BCUT2D eigenvalue weighted by molar-refractivity contribution is -0.121. The molecule has 3 heteroatoms. The van der Waals surface area contributed by atoms with Crippen molar-refractivity contribution in [1.82, 2.24) is 5.32 Å². The normalized spacial score (nSPS) is 12.8. The first-order valence-electron chi connectivity index (χ1n) is 10.7. The number of unbranched alkanes of at least 4 members (excludes halogenated alkanes) is 8. The van der Waals surface area contributed by atoms with Crippen LogP contribution in [0.4, 0.5) is 0 Å². The standard InChI is InChI=1S/C22H43NO2/c1-4-5-6-13-16-21(24)17-14-11-9-7-8-10-12-15-18-22(25)23-19-20(2)3/h11,14,20-21,24H,4-10,12-13,15-19H2,1-3H3,(H,23,25)/b14-11-/t21-/m1/s1. The van der Waals surface area contributed by atoms with Gasteiger partial charge in [-0.3, -0.25) is 4.79 Å². The summed E-state index contributed by atoms with van der Waals surface area (Å²) in [5, 5.41) is 12.8. The molecule has 0 saturated carbocycles. The van der Waals surface area contributed by atoms with Crippen LogP contribution >= 0.6 is 0 Å². The second kappa shape index (κ2) is 18.0. The maximum Gasteiger partial charge on any atom is 0.220 e. The van der Waals surface area contributed by atoms with Crippen LogP contribution < -0.4 is 5.32 Å². The fourth-order valence-corrected chi connectivity index (χ4v) is 2.78. The number of rotatable bonds is 17. The van der Waals surface area contributed by atoms with Crippen molar-refractivity contribution in [3.63, 3.8) is 0 Å². The smallest absolute Gasteiger partial charge is 0.220 e. The Labute approximate surface area is 156 Å². The van der Waals surface area contributed by atoms with Gasteiger partial charge in [-0.15, -0.1) is 0 Å².